The number of benzene rings is 2. The van der Waals surface area contributed by atoms with E-state index in [1.165, 1.54) is 15.3 Å². The number of rotatable bonds is 5. The van der Waals surface area contributed by atoms with Crippen molar-refractivity contribution in [3.05, 3.63) is 52.0 Å². The first-order valence-electron chi connectivity index (χ1n) is 11.0. The van der Waals surface area contributed by atoms with E-state index in [0.717, 1.165) is 23.8 Å². The maximum absolute atomic E-state index is 14.0. The van der Waals surface area contributed by atoms with Gasteiger partial charge in [0.1, 0.15) is 16.5 Å². The lowest BCUT2D eigenvalue weighted by Gasteiger charge is -2.32. The Morgan fingerprint density at radius 3 is 2.68 bits per heavy atom. The summed E-state index contributed by atoms with van der Waals surface area (Å²) in [5.41, 5.74) is 0.870. The Morgan fingerprint density at radius 2 is 1.94 bits per heavy atom. The van der Waals surface area contributed by atoms with E-state index in [-0.39, 0.29) is 36.0 Å². The number of hydrogen-bond acceptors (Lipinski definition) is 4. The second-order valence-corrected chi connectivity index (χ2v) is 11.2. The maximum atomic E-state index is 14.0. The van der Waals surface area contributed by atoms with Gasteiger partial charge in [-0.15, -0.1) is 0 Å². The van der Waals surface area contributed by atoms with E-state index in [9.17, 15) is 26.8 Å². The molecule has 11 heteroatoms. The first kappa shape index (κ1) is 24.7. The van der Waals surface area contributed by atoms with Gasteiger partial charge in [0.05, 0.1) is 17.3 Å². The molecule has 34 heavy (non-hydrogen) atoms. The Balaban J connectivity index is 1.61. The van der Waals surface area contributed by atoms with E-state index in [0.29, 0.717) is 36.0 Å². The van der Waals surface area contributed by atoms with Crippen LogP contribution in [0, 0.1) is 17.6 Å². The number of carbonyl (C=O) groups is 2. The number of fused-ring (bicyclic) bond motifs is 1. The van der Waals surface area contributed by atoms with Crippen molar-refractivity contribution in [2.24, 2.45) is 5.92 Å². The van der Waals surface area contributed by atoms with Crippen LogP contribution in [0.4, 0.5) is 20.2 Å². The molecule has 0 radical (unpaired) electrons. The minimum absolute atomic E-state index is 0.0217. The minimum Gasteiger partial charge on any atom is -0.323 e. The summed E-state index contributed by atoms with van der Waals surface area (Å²) in [5, 5.41) is 2.38. The summed E-state index contributed by atoms with van der Waals surface area (Å²) in [6.07, 6.45) is 1.63. The number of halogens is 3. The third kappa shape index (κ3) is 4.73. The van der Waals surface area contributed by atoms with Crippen LogP contribution in [0.3, 0.4) is 0 Å². The fourth-order valence-electron chi connectivity index (χ4n) is 4.45. The molecule has 0 saturated carbocycles. The summed E-state index contributed by atoms with van der Waals surface area (Å²) in [7, 11) is -4.04. The average molecular weight is 556 g/mol. The number of sulfonamides is 1. The highest BCUT2D eigenvalue weighted by Crippen LogP contribution is 2.40. The third-order valence-corrected chi connectivity index (χ3v) is 8.49. The molecule has 2 aliphatic rings. The number of carbonyl (C=O) groups excluding carboxylic acids is 2. The van der Waals surface area contributed by atoms with Crippen LogP contribution < -0.4 is 10.2 Å². The van der Waals surface area contributed by atoms with Gasteiger partial charge in [-0.2, -0.15) is 4.31 Å². The zero-order valence-corrected chi connectivity index (χ0v) is 20.9. The number of piperidine rings is 1. The lowest BCUT2D eigenvalue weighted by Crippen LogP contribution is -2.44. The van der Waals surface area contributed by atoms with Crippen LogP contribution in [0.2, 0.25) is 0 Å². The summed E-state index contributed by atoms with van der Waals surface area (Å²) in [6, 6.07) is 6.05. The summed E-state index contributed by atoms with van der Waals surface area (Å²) < 4.78 is 56.7. The largest absolute Gasteiger partial charge is 0.323 e. The van der Waals surface area contributed by atoms with Crippen molar-refractivity contribution in [2.45, 2.75) is 37.5 Å². The van der Waals surface area contributed by atoms with Gasteiger partial charge in [-0.1, -0.05) is 22.9 Å². The van der Waals surface area contributed by atoms with Crippen molar-refractivity contribution >= 4 is 49.1 Å². The Hall–Kier alpha value is -2.37. The predicted octanol–water partition coefficient (Wildman–Crippen LogP) is 4.07. The lowest BCUT2D eigenvalue weighted by molar-refractivity contribution is -0.121. The van der Waals surface area contributed by atoms with Crippen LogP contribution in [0.1, 0.15) is 31.7 Å². The van der Waals surface area contributed by atoms with Crippen LogP contribution >= 0.6 is 15.9 Å². The van der Waals surface area contributed by atoms with Gasteiger partial charge in [0.15, 0.2) is 0 Å². The van der Waals surface area contributed by atoms with E-state index in [1.54, 1.807) is 6.92 Å². The van der Waals surface area contributed by atoms with Gasteiger partial charge < -0.3 is 10.2 Å². The smallest absolute Gasteiger partial charge is 0.245 e. The molecule has 182 valence electrons. The third-order valence-electron chi connectivity index (χ3n) is 6.16. The zero-order valence-electron chi connectivity index (χ0n) is 18.5. The van der Waals surface area contributed by atoms with Gasteiger partial charge in [0, 0.05) is 36.6 Å². The molecule has 4 rings (SSSR count). The number of nitrogens with zero attached hydrogens (tertiary/aromatic N) is 2. The molecular weight excluding hydrogens is 532 g/mol. The quantitative estimate of drug-likeness (QED) is 0.602. The highest BCUT2D eigenvalue weighted by Gasteiger charge is 2.38. The van der Waals surface area contributed by atoms with Gasteiger partial charge in [0.25, 0.3) is 0 Å². The molecule has 2 heterocycles. The second kappa shape index (κ2) is 9.71. The fraction of sp³-hybridized carbons (Fsp3) is 0.391. The van der Waals surface area contributed by atoms with Gasteiger partial charge in [-0.25, -0.2) is 17.2 Å². The van der Waals surface area contributed by atoms with Gasteiger partial charge >= 0.3 is 0 Å². The molecule has 1 atom stereocenters. The fourth-order valence-corrected chi connectivity index (χ4v) is 6.89. The summed E-state index contributed by atoms with van der Waals surface area (Å²) in [4.78, 5) is 26.8. The first-order valence-corrected chi connectivity index (χ1v) is 13.2. The summed E-state index contributed by atoms with van der Waals surface area (Å²) >= 11 is 3.37. The SMILES string of the molecule is CCC(=O)N1CCc2cc(Br)cc(S(=O)(=O)N3CCCC(C(=O)Nc4cc(F)ccc4F)C3)c21. The molecule has 0 aliphatic carbocycles. The Labute approximate surface area is 205 Å². The maximum Gasteiger partial charge on any atom is 0.245 e. The highest BCUT2D eigenvalue weighted by atomic mass is 79.9. The van der Waals surface area contributed by atoms with Crippen molar-refractivity contribution < 1.29 is 26.8 Å². The predicted molar refractivity (Wildman–Crippen MR) is 127 cm³/mol. The standard InChI is InChI=1S/C23H24BrF2N3O4S/c1-2-21(30)29-9-7-14-10-16(24)11-20(22(14)29)34(32,33)28-8-3-4-15(13-28)23(31)27-19-12-17(25)5-6-18(19)26/h5-6,10-12,15H,2-4,7-9,13H2,1H3,(H,27,31). The molecule has 7 nitrogen and oxygen atoms in total. The van der Waals surface area contributed by atoms with Gasteiger partial charge in [-0.05, 0) is 49.1 Å². The van der Waals surface area contributed by atoms with Crippen LogP contribution in [0.5, 0.6) is 0 Å². The van der Waals surface area contributed by atoms with Crippen molar-refractivity contribution in [1.29, 1.82) is 0 Å². The molecule has 1 saturated heterocycles. The first-order chi connectivity index (χ1) is 16.1. The molecule has 2 aliphatic heterocycles. The number of anilines is 2. The Kier molecular flexibility index (Phi) is 7.07. The molecule has 1 fully saturated rings. The monoisotopic (exact) mass is 555 g/mol. The average Bonchev–Trinajstić information content (AvgIpc) is 3.24. The summed E-state index contributed by atoms with van der Waals surface area (Å²) in [6.45, 7) is 2.24. The highest BCUT2D eigenvalue weighted by molar-refractivity contribution is 9.10. The van der Waals surface area contributed by atoms with Crippen LogP contribution in [0.15, 0.2) is 39.7 Å². The number of hydrogen-bond donors (Lipinski definition) is 1. The van der Waals surface area contributed by atoms with Crippen molar-refractivity contribution in [1.82, 2.24) is 4.31 Å². The van der Waals surface area contributed by atoms with E-state index >= 15 is 0 Å². The zero-order chi connectivity index (χ0) is 24.6. The van der Waals surface area contributed by atoms with Gasteiger partial charge in [0.2, 0.25) is 21.8 Å². The Bertz CT molecular complexity index is 1260. The van der Waals surface area contributed by atoms with Crippen LogP contribution in [-0.2, 0) is 26.0 Å². The molecule has 2 aromatic rings. The molecule has 0 spiro atoms. The van der Waals surface area contributed by atoms with Gasteiger partial charge in [-0.3, -0.25) is 9.59 Å². The summed E-state index contributed by atoms with van der Waals surface area (Å²) in [5.74, 6) is -2.95. The molecule has 0 bridgehead atoms. The van der Waals surface area contributed by atoms with Crippen LogP contribution in [0.25, 0.3) is 0 Å². The number of amides is 2. The molecule has 2 amide bonds. The molecular formula is C23H24BrF2N3O4S. The van der Waals surface area contributed by atoms with Crippen molar-refractivity contribution in [3.8, 4) is 0 Å². The van der Waals surface area contributed by atoms with E-state index in [2.05, 4.69) is 21.2 Å². The molecule has 1 N–H and O–H groups in total. The lowest BCUT2D eigenvalue weighted by atomic mass is 9.98. The van der Waals surface area contributed by atoms with Crippen molar-refractivity contribution in [2.75, 3.05) is 29.9 Å². The van der Waals surface area contributed by atoms with E-state index < -0.39 is 33.5 Å². The second-order valence-electron chi connectivity index (χ2n) is 8.38. The Morgan fingerprint density at radius 1 is 1.18 bits per heavy atom. The van der Waals surface area contributed by atoms with E-state index in [1.807, 2.05) is 6.07 Å². The minimum atomic E-state index is -4.04. The normalized spacial score (nSPS) is 18.6. The topological polar surface area (TPSA) is 86.8 Å². The molecule has 1 unspecified atom stereocenters. The molecule has 0 aromatic heterocycles. The number of nitrogens with one attached hydrogen (secondary N) is 1. The molecule has 2 aromatic carbocycles. The van der Waals surface area contributed by atoms with Crippen molar-refractivity contribution in [3.63, 3.8) is 0 Å². The van der Waals surface area contributed by atoms with E-state index in [4.69, 9.17) is 0 Å². The van der Waals surface area contributed by atoms with Crippen LogP contribution in [-0.4, -0.2) is 44.2 Å².